The molecule has 0 bridgehead atoms. The van der Waals surface area contributed by atoms with E-state index < -0.39 is 0 Å². The van der Waals surface area contributed by atoms with Gasteiger partial charge in [0.05, 0.1) is 5.69 Å². The molecule has 0 aromatic heterocycles. The fraction of sp³-hybridized carbons (Fsp3) is 0.417. The molecule has 1 amide bonds. The number of thioether (sulfide) groups is 1. The molecule has 5 heteroatoms. The lowest BCUT2D eigenvalue weighted by Gasteiger charge is -2.35. The highest BCUT2D eigenvalue weighted by Gasteiger charge is 2.27. The monoisotopic (exact) mass is 251 g/mol. The molecule has 1 aromatic carbocycles. The zero-order valence-corrected chi connectivity index (χ0v) is 10.7. The van der Waals surface area contributed by atoms with Crippen LogP contribution in [-0.2, 0) is 4.79 Å². The van der Waals surface area contributed by atoms with Crippen molar-refractivity contribution in [1.82, 2.24) is 0 Å². The number of carbonyl (C=O) groups is 1. The van der Waals surface area contributed by atoms with Crippen LogP contribution in [-0.4, -0.2) is 24.2 Å². The molecule has 1 unspecified atom stereocenters. The molecule has 4 nitrogen and oxygen atoms in total. The summed E-state index contributed by atoms with van der Waals surface area (Å²) in [5, 5.41) is 0. The maximum Gasteiger partial charge on any atom is 0.240 e. The lowest BCUT2D eigenvalue weighted by Crippen LogP contribution is -2.46. The van der Waals surface area contributed by atoms with E-state index in [0.29, 0.717) is 6.42 Å². The molecule has 0 spiro atoms. The minimum absolute atomic E-state index is 0.239. The van der Waals surface area contributed by atoms with Gasteiger partial charge in [-0.05, 0) is 24.6 Å². The van der Waals surface area contributed by atoms with Crippen molar-refractivity contribution >= 4 is 29.0 Å². The standard InChI is InChI=1S/C12H17N3OS/c1-2-9(12(14)16)15-5-6-17-11-4-3-8(13)7-10(11)15/h3-4,7,9H,2,5-6,13H2,1H3,(H2,14,16). The number of nitrogens with two attached hydrogens (primary N) is 2. The first kappa shape index (κ1) is 12.1. The molecule has 1 aromatic rings. The zero-order chi connectivity index (χ0) is 12.4. The van der Waals surface area contributed by atoms with Gasteiger partial charge >= 0.3 is 0 Å². The molecule has 17 heavy (non-hydrogen) atoms. The second kappa shape index (κ2) is 4.87. The van der Waals surface area contributed by atoms with Gasteiger partial charge in [-0.15, -0.1) is 11.8 Å². The first-order valence-corrected chi connectivity index (χ1v) is 6.70. The average molecular weight is 251 g/mol. The third kappa shape index (κ3) is 2.34. The van der Waals surface area contributed by atoms with Crippen molar-refractivity contribution in [2.24, 2.45) is 5.73 Å². The number of primary amides is 1. The Morgan fingerprint density at radius 1 is 1.59 bits per heavy atom. The maximum atomic E-state index is 11.5. The summed E-state index contributed by atoms with van der Waals surface area (Å²) >= 11 is 1.79. The highest BCUT2D eigenvalue weighted by atomic mass is 32.2. The summed E-state index contributed by atoms with van der Waals surface area (Å²) in [6.45, 7) is 2.81. The number of anilines is 2. The van der Waals surface area contributed by atoms with Crippen molar-refractivity contribution in [3.63, 3.8) is 0 Å². The highest BCUT2D eigenvalue weighted by Crippen LogP contribution is 2.37. The molecule has 4 N–H and O–H groups in total. The number of rotatable bonds is 3. The Hall–Kier alpha value is -1.36. The van der Waals surface area contributed by atoms with Crippen molar-refractivity contribution < 1.29 is 4.79 Å². The van der Waals surface area contributed by atoms with E-state index in [1.165, 1.54) is 4.90 Å². The van der Waals surface area contributed by atoms with E-state index in [1.807, 2.05) is 25.1 Å². The number of nitrogens with zero attached hydrogens (tertiary/aromatic N) is 1. The first-order chi connectivity index (χ1) is 8.13. The van der Waals surface area contributed by atoms with Crippen LogP contribution in [0.15, 0.2) is 23.1 Å². The predicted molar refractivity (Wildman–Crippen MR) is 72.2 cm³/mol. The van der Waals surface area contributed by atoms with Gasteiger partial charge in [-0.3, -0.25) is 4.79 Å². The number of nitrogen functional groups attached to an aromatic ring is 1. The van der Waals surface area contributed by atoms with Gasteiger partial charge < -0.3 is 16.4 Å². The Bertz CT molecular complexity index is 436. The molecular weight excluding hydrogens is 234 g/mol. The number of benzene rings is 1. The Labute approximate surface area is 105 Å². The molecule has 1 aliphatic heterocycles. The van der Waals surface area contributed by atoms with Gasteiger partial charge in [-0.1, -0.05) is 6.92 Å². The summed E-state index contributed by atoms with van der Waals surface area (Å²) in [5.41, 5.74) is 13.0. The van der Waals surface area contributed by atoms with E-state index in [4.69, 9.17) is 11.5 Å². The quantitative estimate of drug-likeness (QED) is 0.797. The number of hydrogen-bond donors (Lipinski definition) is 2. The van der Waals surface area contributed by atoms with Crippen molar-refractivity contribution in [3.05, 3.63) is 18.2 Å². The van der Waals surface area contributed by atoms with Crippen molar-refractivity contribution in [3.8, 4) is 0 Å². The number of fused-ring (bicyclic) bond motifs is 1. The summed E-state index contributed by atoms with van der Waals surface area (Å²) in [6.07, 6.45) is 0.717. The molecule has 0 fully saturated rings. The van der Waals surface area contributed by atoms with Crippen LogP contribution in [0, 0.1) is 0 Å². The van der Waals surface area contributed by atoms with Gasteiger partial charge in [0, 0.05) is 22.9 Å². The summed E-state index contributed by atoms with van der Waals surface area (Å²) in [4.78, 5) is 14.7. The lowest BCUT2D eigenvalue weighted by atomic mass is 10.1. The summed E-state index contributed by atoms with van der Waals surface area (Å²) in [5.74, 6) is 0.702. The number of hydrogen-bond acceptors (Lipinski definition) is 4. The van der Waals surface area contributed by atoms with Crippen LogP contribution in [0.3, 0.4) is 0 Å². The van der Waals surface area contributed by atoms with Crippen molar-refractivity contribution in [2.75, 3.05) is 22.9 Å². The molecule has 0 saturated carbocycles. The van der Waals surface area contributed by atoms with Crippen molar-refractivity contribution in [2.45, 2.75) is 24.3 Å². The largest absolute Gasteiger partial charge is 0.399 e. The van der Waals surface area contributed by atoms with Gasteiger partial charge in [0.15, 0.2) is 0 Å². The van der Waals surface area contributed by atoms with Crippen LogP contribution in [0.1, 0.15) is 13.3 Å². The molecule has 1 atom stereocenters. The second-order valence-electron chi connectivity index (χ2n) is 4.10. The van der Waals surface area contributed by atoms with Crippen LogP contribution < -0.4 is 16.4 Å². The Balaban J connectivity index is 2.39. The fourth-order valence-electron chi connectivity index (χ4n) is 2.15. The molecule has 0 aliphatic carbocycles. The summed E-state index contributed by atoms with van der Waals surface area (Å²) < 4.78 is 0. The average Bonchev–Trinajstić information content (AvgIpc) is 2.30. The lowest BCUT2D eigenvalue weighted by molar-refractivity contribution is -0.119. The zero-order valence-electron chi connectivity index (χ0n) is 9.85. The van der Waals surface area contributed by atoms with E-state index in [2.05, 4.69) is 4.90 Å². The van der Waals surface area contributed by atoms with Crippen LogP contribution in [0.5, 0.6) is 0 Å². The molecule has 1 heterocycles. The predicted octanol–water partition coefficient (Wildman–Crippen LogP) is 1.44. The van der Waals surface area contributed by atoms with E-state index >= 15 is 0 Å². The number of amides is 1. The summed E-state index contributed by atoms with van der Waals surface area (Å²) in [7, 11) is 0. The Kier molecular flexibility index (Phi) is 3.47. The fourth-order valence-corrected chi connectivity index (χ4v) is 3.15. The third-order valence-corrected chi connectivity index (χ3v) is 4.02. The van der Waals surface area contributed by atoms with Gasteiger partial charge in [0.2, 0.25) is 5.91 Å². The van der Waals surface area contributed by atoms with Gasteiger partial charge in [0.25, 0.3) is 0 Å². The van der Waals surface area contributed by atoms with Gasteiger partial charge in [-0.25, -0.2) is 0 Å². The second-order valence-corrected chi connectivity index (χ2v) is 5.23. The summed E-state index contributed by atoms with van der Waals surface area (Å²) in [6, 6.07) is 5.58. The van der Waals surface area contributed by atoms with Gasteiger partial charge in [0.1, 0.15) is 6.04 Å². The molecule has 92 valence electrons. The Morgan fingerprint density at radius 3 is 3.00 bits per heavy atom. The molecule has 0 saturated heterocycles. The third-order valence-electron chi connectivity index (χ3n) is 2.97. The topological polar surface area (TPSA) is 72.4 Å². The Morgan fingerprint density at radius 2 is 2.35 bits per heavy atom. The van der Waals surface area contributed by atoms with E-state index in [-0.39, 0.29) is 11.9 Å². The molecule has 1 aliphatic rings. The maximum absolute atomic E-state index is 11.5. The molecule has 2 rings (SSSR count). The van der Waals surface area contributed by atoms with E-state index in [0.717, 1.165) is 23.7 Å². The van der Waals surface area contributed by atoms with Crippen LogP contribution >= 0.6 is 11.8 Å². The minimum Gasteiger partial charge on any atom is -0.399 e. The smallest absolute Gasteiger partial charge is 0.240 e. The van der Waals surface area contributed by atoms with Crippen molar-refractivity contribution in [1.29, 1.82) is 0 Å². The SMILES string of the molecule is CCC(C(N)=O)N1CCSc2ccc(N)cc21. The molecular formula is C12H17N3OS. The van der Waals surface area contributed by atoms with Crippen LogP contribution in [0.25, 0.3) is 0 Å². The van der Waals surface area contributed by atoms with Crippen LogP contribution in [0.4, 0.5) is 11.4 Å². The first-order valence-electron chi connectivity index (χ1n) is 5.71. The highest BCUT2D eigenvalue weighted by molar-refractivity contribution is 7.99. The normalized spacial score (nSPS) is 16.4. The van der Waals surface area contributed by atoms with E-state index in [9.17, 15) is 4.79 Å². The van der Waals surface area contributed by atoms with Crippen LogP contribution in [0.2, 0.25) is 0 Å². The van der Waals surface area contributed by atoms with Gasteiger partial charge in [-0.2, -0.15) is 0 Å². The number of carbonyl (C=O) groups excluding carboxylic acids is 1. The minimum atomic E-state index is -0.271. The van der Waals surface area contributed by atoms with E-state index in [1.54, 1.807) is 11.8 Å². The molecule has 0 radical (unpaired) electrons.